The number of halogens is 1. The van der Waals surface area contributed by atoms with Gasteiger partial charge in [0.1, 0.15) is 18.9 Å². The Bertz CT molecular complexity index is 426. The number of β-amino-alcohol motifs (C(OH)–C–C–N with tert-alkyl or cyclic N) is 1. The van der Waals surface area contributed by atoms with Crippen molar-refractivity contribution >= 4 is 6.09 Å². The minimum Gasteiger partial charge on any atom is -0.445 e. The number of likely N-dealkylation sites (tertiary alicyclic amines) is 1. The second-order valence-electron chi connectivity index (χ2n) is 4.92. The molecule has 1 unspecified atom stereocenters. The molecule has 1 fully saturated rings. The summed E-state index contributed by atoms with van der Waals surface area (Å²) in [6, 6.07) is 9.35. The van der Waals surface area contributed by atoms with Crippen LogP contribution < -0.4 is 0 Å². The maximum Gasteiger partial charge on any atom is 0.410 e. The van der Waals surface area contributed by atoms with E-state index in [4.69, 9.17) is 4.74 Å². The summed E-state index contributed by atoms with van der Waals surface area (Å²) >= 11 is 0. The average molecular weight is 267 g/mol. The van der Waals surface area contributed by atoms with Crippen LogP contribution in [0.2, 0.25) is 0 Å². The van der Waals surface area contributed by atoms with Crippen LogP contribution >= 0.6 is 0 Å². The van der Waals surface area contributed by atoms with Gasteiger partial charge in [0.05, 0.1) is 6.54 Å². The van der Waals surface area contributed by atoms with Gasteiger partial charge in [0.25, 0.3) is 0 Å². The average Bonchev–Trinajstić information content (AvgIpc) is 2.46. The number of hydrogen-bond acceptors (Lipinski definition) is 3. The zero-order chi connectivity index (χ0) is 13.7. The highest BCUT2D eigenvalue weighted by molar-refractivity contribution is 5.67. The monoisotopic (exact) mass is 267 g/mol. The highest BCUT2D eigenvalue weighted by Crippen LogP contribution is 2.22. The number of nitrogens with zero attached hydrogens (tertiary/aromatic N) is 1. The number of hydrogen-bond donors (Lipinski definition) is 1. The number of benzene rings is 1. The zero-order valence-corrected chi connectivity index (χ0v) is 10.7. The lowest BCUT2D eigenvalue weighted by Crippen LogP contribution is -2.51. The lowest BCUT2D eigenvalue weighted by Gasteiger charge is -2.36. The second kappa shape index (κ2) is 6.02. The molecule has 1 atom stereocenters. The van der Waals surface area contributed by atoms with Crippen molar-refractivity contribution in [1.29, 1.82) is 0 Å². The highest BCUT2D eigenvalue weighted by atomic mass is 19.1. The fraction of sp³-hybridized carbons (Fsp3) is 0.500. The largest absolute Gasteiger partial charge is 0.445 e. The Kier molecular flexibility index (Phi) is 4.37. The summed E-state index contributed by atoms with van der Waals surface area (Å²) < 4.78 is 17.9. The summed E-state index contributed by atoms with van der Waals surface area (Å²) in [5, 5.41) is 9.86. The van der Waals surface area contributed by atoms with Gasteiger partial charge in [0, 0.05) is 6.54 Å². The standard InChI is InChI=1S/C14H18FNO3/c15-10-14(18)7-4-8-16(11-14)13(17)19-9-12-5-2-1-3-6-12/h1-3,5-6,18H,4,7-11H2. The van der Waals surface area contributed by atoms with Gasteiger partial charge < -0.3 is 14.7 Å². The third kappa shape index (κ3) is 3.67. The van der Waals surface area contributed by atoms with Crippen LogP contribution in [0.3, 0.4) is 0 Å². The third-order valence-corrected chi connectivity index (χ3v) is 3.27. The Morgan fingerprint density at radius 3 is 2.84 bits per heavy atom. The molecule has 1 aromatic carbocycles. The molecule has 1 aliphatic rings. The summed E-state index contributed by atoms with van der Waals surface area (Å²) in [6.07, 6.45) is 0.461. The molecule has 104 valence electrons. The maximum atomic E-state index is 12.7. The van der Waals surface area contributed by atoms with Crippen LogP contribution in [0.5, 0.6) is 0 Å². The van der Waals surface area contributed by atoms with Gasteiger partial charge >= 0.3 is 6.09 Å². The van der Waals surface area contributed by atoms with Crippen LogP contribution in [0.25, 0.3) is 0 Å². The van der Waals surface area contributed by atoms with Crippen LogP contribution in [0.1, 0.15) is 18.4 Å². The van der Waals surface area contributed by atoms with Gasteiger partial charge in [-0.15, -0.1) is 0 Å². The molecule has 0 radical (unpaired) electrons. The molecule has 1 aliphatic heterocycles. The van der Waals surface area contributed by atoms with E-state index < -0.39 is 18.4 Å². The minimum atomic E-state index is -1.41. The number of carbonyl (C=O) groups is 1. The molecule has 1 saturated heterocycles. The number of carbonyl (C=O) groups excluding carboxylic acids is 1. The van der Waals surface area contributed by atoms with Crippen LogP contribution in [0, 0.1) is 0 Å². The minimum absolute atomic E-state index is 0.00285. The lowest BCUT2D eigenvalue weighted by molar-refractivity contribution is -0.0451. The first kappa shape index (κ1) is 13.8. The molecule has 0 bridgehead atoms. The Balaban J connectivity index is 1.86. The first-order chi connectivity index (χ1) is 9.13. The van der Waals surface area contributed by atoms with Gasteiger partial charge in [0.2, 0.25) is 0 Å². The number of amides is 1. The van der Waals surface area contributed by atoms with Crippen molar-refractivity contribution in [2.24, 2.45) is 0 Å². The number of aliphatic hydroxyl groups is 1. The molecule has 0 aliphatic carbocycles. The molecular formula is C14H18FNO3. The summed E-state index contributed by atoms with van der Waals surface area (Å²) in [7, 11) is 0. The van der Waals surface area contributed by atoms with E-state index in [1.54, 1.807) is 0 Å². The van der Waals surface area contributed by atoms with Gasteiger partial charge in [-0.1, -0.05) is 30.3 Å². The number of rotatable bonds is 3. The molecule has 1 aromatic rings. The molecule has 0 saturated carbocycles. The van der Waals surface area contributed by atoms with Gasteiger partial charge in [-0.2, -0.15) is 0 Å². The molecule has 5 heteroatoms. The predicted octanol–water partition coefficient (Wildman–Crippen LogP) is 2.12. The molecule has 0 aromatic heterocycles. The van der Waals surface area contributed by atoms with E-state index in [0.29, 0.717) is 19.4 Å². The summed E-state index contributed by atoms with van der Waals surface area (Å²) in [4.78, 5) is 13.2. The highest BCUT2D eigenvalue weighted by Gasteiger charge is 2.35. The summed E-state index contributed by atoms with van der Waals surface area (Å²) in [5.74, 6) is 0. The molecular weight excluding hydrogens is 249 g/mol. The first-order valence-electron chi connectivity index (χ1n) is 6.37. The number of piperidine rings is 1. The third-order valence-electron chi connectivity index (χ3n) is 3.27. The van der Waals surface area contributed by atoms with Crippen molar-refractivity contribution in [1.82, 2.24) is 4.90 Å². The van der Waals surface area contributed by atoms with Gasteiger partial charge in [-0.25, -0.2) is 9.18 Å². The van der Waals surface area contributed by atoms with E-state index in [1.165, 1.54) is 4.90 Å². The number of alkyl halides is 1. The van der Waals surface area contributed by atoms with Gasteiger partial charge in [-0.3, -0.25) is 0 Å². The Morgan fingerprint density at radius 1 is 1.42 bits per heavy atom. The van der Waals surface area contributed by atoms with Gasteiger partial charge in [0.15, 0.2) is 0 Å². The molecule has 2 rings (SSSR count). The van der Waals surface area contributed by atoms with Crippen LogP contribution in [-0.4, -0.2) is 41.5 Å². The van der Waals surface area contributed by atoms with E-state index in [-0.39, 0.29) is 13.2 Å². The van der Waals surface area contributed by atoms with E-state index in [0.717, 1.165) is 5.56 Å². The molecule has 1 N–H and O–H groups in total. The SMILES string of the molecule is O=C(OCc1ccccc1)N1CCCC(O)(CF)C1. The maximum absolute atomic E-state index is 12.7. The van der Waals surface area contributed by atoms with Crippen LogP contribution in [0.15, 0.2) is 30.3 Å². The van der Waals surface area contributed by atoms with E-state index >= 15 is 0 Å². The molecule has 4 nitrogen and oxygen atoms in total. The fourth-order valence-electron chi connectivity index (χ4n) is 2.19. The Hall–Kier alpha value is -1.62. The normalized spacial score (nSPS) is 23.2. The first-order valence-corrected chi connectivity index (χ1v) is 6.37. The van der Waals surface area contributed by atoms with E-state index in [1.807, 2.05) is 30.3 Å². The molecule has 19 heavy (non-hydrogen) atoms. The number of ether oxygens (including phenoxy) is 1. The van der Waals surface area contributed by atoms with Crippen molar-refractivity contribution in [2.45, 2.75) is 25.0 Å². The second-order valence-corrected chi connectivity index (χ2v) is 4.92. The van der Waals surface area contributed by atoms with Crippen LogP contribution in [-0.2, 0) is 11.3 Å². The van der Waals surface area contributed by atoms with Crippen LogP contribution in [0.4, 0.5) is 9.18 Å². The Labute approximate surface area is 111 Å². The summed E-state index contributed by atoms with van der Waals surface area (Å²) in [6.45, 7) is -0.160. The van der Waals surface area contributed by atoms with Crippen molar-refractivity contribution in [3.05, 3.63) is 35.9 Å². The van der Waals surface area contributed by atoms with Crippen molar-refractivity contribution < 1.29 is 19.0 Å². The van der Waals surface area contributed by atoms with E-state index in [9.17, 15) is 14.3 Å². The zero-order valence-electron chi connectivity index (χ0n) is 10.7. The van der Waals surface area contributed by atoms with Crippen molar-refractivity contribution in [3.8, 4) is 0 Å². The molecule has 0 spiro atoms. The van der Waals surface area contributed by atoms with Gasteiger partial charge in [-0.05, 0) is 18.4 Å². The van der Waals surface area contributed by atoms with Crippen molar-refractivity contribution in [2.75, 3.05) is 19.8 Å². The summed E-state index contributed by atoms with van der Waals surface area (Å²) in [5.41, 5.74) is -0.516. The lowest BCUT2D eigenvalue weighted by atomic mass is 9.95. The van der Waals surface area contributed by atoms with Crippen molar-refractivity contribution in [3.63, 3.8) is 0 Å². The smallest absolute Gasteiger partial charge is 0.410 e. The predicted molar refractivity (Wildman–Crippen MR) is 68.4 cm³/mol. The topological polar surface area (TPSA) is 49.8 Å². The fourth-order valence-corrected chi connectivity index (χ4v) is 2.19. The quantitative estimate of drug-likeness (QED) is 0.912. The molecule has 1 heterocycles. The Morgan fingerprint density at radius 2 is 2.16 bits per heavy atom. The van der Waals surface area contributed by atoms with E-state index in [2.05, 4.69) is 0 Å². The molecule has 1 amide bonds.